The molecule has 6 heteroatoms. The van der Waals surface area contributed by atoms with Gasteiger partial charge in [0.05, 0.1) is 12.2 Å². The summed E-state index contributed by atoms with van der Waals surface area (Å²) in [4.78, 5) is 38.1. The molecule has 1 atom stereocenters. The average molecular weight is 474 g/mol. The maximum atomic E-state index is 13.4. The first-order valence-electron chi connectivity index (χ1n) is 11.9. The first-order valence-corrected chi connectivity index (χ1v) is 11.9. The number of Topliss-reactive ketones (excluding diaryl/α,β-unsaturated/α-hetero) is 1. The van der Waals surface area contributed by atoms with E-state index < -0.39 is 17.9 Å². The number of allylic oxidation sites excluding steroid dienone is 3. The summed E-state index contributed by atoms with van der Waals surface area (Å²) < 4.78 is 10.9. The number of ketones is 1. The predicted molar refractivity (Wildman–Crippen MR) is 132 cm³/mol. The molecule has 0 radical (unpaired) electrons. The Labute approximate surface area is 206 Å². The average Bonchev–Trinajstić information content (AvgIpc) is 2.78. The molecule has 2 aromatic carbocycles. The van der Waals surface area contributed by atoms with Gasteiger partial charge < -0.3 is 14.8 Å². The second kappa shape index (κ2) is 9.90. The molecule has 4 rings (SSSR count). The minimum Gasteiger partial charge on any atom is -0.462 e. The lowest BCUT2D eigenvalue weighted by atomic mass is 9.68. The van der Waals surface area contributed by atoms with E-state index in [4.69, 9.17) is 9.47 Å². The van der Waals surface area contributed by atoms with Gasteiger partial charge in [0.1, 0.15) is 5.75 Å². The predicted octanol–water partition coefficient (Wildman–Crippen LogP) is 5.00. The van der Waals surface area contributed by atoms with E-state index in [1.54, 1.807) is 24.3 Å². The van der Waals surface area contributed by atoms with Crippen molar-refractivity contribution in [1.29, 1.82) is 0 Å². The van der Waals surface area contributed by atoms with Crippen molar-refractivity contribution in [2.24, 2.45) is 5.41 Å². The summed E-state index contributed by atoms with van der Waals surface area (Å²) in [7, 11) is 0. The van der Waals surface area contributed by atoms with Crippen LogP contribution in [0.4, 0.5) is 0 Å². The topological polar surface area (TPSA) is 81.7 Å². The van der Waals surface area contributed by atoms with Gasteiger partial charge in [-0.3, -0.25) is 9.59 Å². The van der Waals surface area contributed by atoms with Gasteiger partial charge in [0.25, 0.3) is 0 Å². The molecule has 35 heavy (non-hydrogen) atoms. The maximum absolute atomic E-state index is 13.4. The Morgan fingerprint density at radius 2 is 1.71 bits per heavy atom. The molecule has 2 aliphatic rings. The van der Waals surface area contributed by atoms with Crippen molar-refractivity contribution < 1.29 is 23.9 Å². The fraction of sp³-hybridized carbons (Fsp3) is 0.345. The Morgan fingerprint density at radius 1 is 1.03 bits per heavy atom. The van der Waals surface area contributed by atoms with Crippen LogP contribution in [0.5, 0.6) is 5.75 Å². The van der Waals surface area contributed by atoms with Crippen LogP contribution in [0.1, 0.15) is 57.6 Å². The highest BCUT2D eigenvalue weighted by Gasteiger charge is 2.43. The molecule has 0 unspecified atom stereocenters. The first kappa shape index (κ1) is 24.5. The van der Waals surface area contributed by atoms with E-state index in [0.717, 1.165) is 16.8 Å². The van der Waals surface area contributed by atoms with Gasteiger partial charge in [0.2, 0.25) is 0 Å². The summed E-state index contributed by atoms with van der Waals surface area (Å²) in [6.45, 7) is 7.59. The number of hydrogen-bond acceptors (Lipinski definition) is 6. The van der Waals surface area contributed by atoms with Gasteiger partial charge in [-0.1, -0.05) is 56.3 Å². The van der Waals surface area contributed by atoms with Gasteiger partial charge >= 0.3 is 11.9 Å². The summed E-state index contributed by atoms with van der Waals surface area (Å²) in [5.74, 6) is -0.963. The fourth-order valence-corrected chi connectivity index (χ4v) is 4.92. The van der Waals surface area contributed by atoms with E-state index in [9.17, 15) is 14.4 Å². The van der Waals surface area contributed by atoms with Crippen LogP contribution < -0.4 is 10.1 Å². The van der Waals surface area contributed by atoms with Crippen molar-refractivity contribution in [3.8, 4) is 5.75 Å². The van der Waals surface area contributed by atoms with E-state index in [-0.39, 0.29) is 17.8 Å². The molecule has 1 N–H and O–H groups in total. The third-order valence-corrected chi connectivity index (χ3v) is 6.40. The number of nitrogens with one attached hydrogen (secondary N) is 1. The van der Waals surface area contributed by atoms with Crippen molar-refractivity contribution in [2.45, 2.75) is 52.9 Å². The quantitative estimate of drug-likeness (QED) is 0.470. The second-order valence-corrected chi connectivity index (χ2v) is 9.96. The van der Waals surface area contributed by atoms with Crippen LogP contribution >= 0.6 is 0 Å². The first-order chi connectivity index (χ1) is 16.6. The zero-order chi connectivity index (χ0) is 25.2. The summed E-state index contributed by atoms with van der Waals surface area (Å²) in [6, 6.07) is 16.8. The normalized spacial score (nSPS) is 19.1. The van der Waals surface area contributed by atoms with E-state index in [1.165, 1.54) is 6.92 Å². The highest BCUT2D eigenvalue weighted by molar-refractivity contribution is 6.04. The van der Waals surface area contributed by atoms with Gasteiger partial charge in [-0.25, -0.2) is 4.79 Å². The molecule has 0 amide bonds. The molecule has 1 aliphatic carbocycles. The minimum atomic E-state index is -0.551. The molecular weight excluding hydrogens is 442 g/mol. The Balaban J connectivity index is 1.66. The monoisotopic (exact) mass is 473 g/mol. The lowest BCUT2D eigenvalue weighted by Gasteiger charge is -2.39. The number of ether oxygens (including phenoxy) is 2. The third kappa shape index (κ3) is 5.53. The van der Waals surface area contributed by atoms with Crippen LogP contribution in [-0.4, -0.2) is 24.3 Å². The van der Waals surface area contributed by atoms with Crippen LogP contribution in [0.3, 0.4) is 0 Å². The minimum absolute atomic E-state index is 0.0277. The van der Waals surface area contributed by atoms with Crippen LogP contribution in [0.15, 0.2) is 77.1 Å². The molecule has 0 fully saturated rings. The summed E-state index contributed by atoms with van der Waals surface area (Å²) in [6.07, 6.45) is 1.73. The Morgan fingerprint density at radius 3 is 2.37 bits per heavy atom. The van der Waals surface area contributed by atoms with Gasteiger partial charge in [-0.2, -0.15) is 0 Å². The lowest BCUT2D eigenvalue weighted by molar-refractivity contribution is -0.139. The number of rotatable bonds is 6. The third-order valence-electron chi connectivity index (χ3n) is 6.40. The number of hydrogen-bond donors (Lipinski definition) is 1. The SMILES string of the molecule is CC(=O)Oc1ccc([C@@H]2C(C(=O)OCCc3ccccc3)=C(C)NC3=C2C(=O)CC(C)(C)C3)cc1. The highest BCUT2D eigenvalue weighted by Crippen LogP contribution is 2.47. The summed E-state index contributed by atoms with van der Waals surface area (Å²) >= 11 is 0. The van der Waals surface area contributed by atoms with Crippen molar-refractivity contribution in [1.82, 2.24) is 5.32 Å². The number of carbonyl (C=O) groups is 3. The standard InChI is InChI=1S/C29H31NO5/c1-18-25(28(33)34-15-14-20-8-6-5-7-9-20)26(21-10-12-22(13-11-21)35-19(2)31)27-23(30-18)16-29(3,4)17-24(27)32/h5-13,26,30H,14-17H2,1-4H3/t26-/m1/s1. The van der Waals surface area contributed by atoms with Crippen LogP contribution in [0.2, 0.25) is 0 Å². The van der Waals surface area contributed by atoms with E-state index in [2.05, 4.69) is 19.2 Å². The number of dihydropyridines is 1. The Bertz CT molecular complexity index is 1210. The molecule has 6 nitrogen and oxygen atoms in total. The summed E-state index contributed by atoms with van der Waals surface area (Å²) in [5, 5.41) is 3.35. The zero-order valence-electron chi connectivity index (χ0n) is 20.6. The molecule has 0 spiro atoms. The van der Waals surface area contributed by atoms with Crippen molar-refractivity contribution in [3.63, 3.8) is 0 Å². The summed E-state index contributed by atoms with van der Waals surface area (Å²) in [5.41, 5.74) is 4.29. The molecule has 0 aromatic heterocycles. The molecular formula is C29H31NO5. The van der Waals surface area contributed by atoms with E-state index in [0.29, 0.717) is 41.9 Å². The fourth-order valence-electron chi connectivity index (χ4n) is 4.92. The largest absolute Gasteiger partial charge is 0.462 e. The number of benzene rings is 2. The second-order valence-electron chi connectivity index (χ2n) is 9.96. The molecule has 182 valence electrons. The van der Waals surface area contributed by atoms with Crippen LogP contribution in [0, 0.1) is 5.41 Å². The number of carbonyl (C=O) groups excluding carboxylic acids is 3. The van der Waals surface area contributed by atoms with Crippen LogP contribution in [-0.2, 0) is 25.5 Å². The van der Waals surface area contributed by atoms with Crippen molar-refractivity contribution in [3.05, 3.63) is 88.3 Å². The smallest absolute Gasteiger partial charge is 0.336 e. The van der Waals surface area contributed by atoms with Gasteiger partial charge in [0, 0.05) is 42.7 Å². The van der Waals surface area contributed by atoms with Gasteiger partial charge in [0.15, 0.2) is 5.78 Å². The van der Waals surface area contributed by atoms with E-state index in [1.807, 2.05) is 37.3 Å². The van der Waals surface area contributed by atoms with Gasteiger partial charge in [-0.15, -0.1) is 0 Å². The van der Waals surface area contributed by atoms with Crippen molar-refractivity contribution in [2.75, 3.05) is 6.61 Å². The van der Waals surface area contributed by atoms with E-state index >= 15 is 0 Å². The molecule has 1 heterocycles. The Kier molecular flexibility index (Phi) is 6.92. The maximum Gasteiger partial charge on any atom is 0.336 e. The van der Waals surface area contributed by atoms with Gasteiger partial charge in [-0.05, 0) is 42.0 Å². The van der Waals surface area contributed by atoms with Crippen LogP contribution in [0.25, 0.3) is 0 Å². The number of esters is 2. The lowest BCUT2D eigenvalue weighted by Crippen LogP contribution is -2.38. The Hall–Kier alpha value is -3.67. The zero-order valence-corrected chi connectivity index (χ0v) is 20.6. The van der Waals surface area contributed by atoms with Crippen molar-refractivity contribution >= 4 is 17.7 Å². The molecule has 0 saturated carbocycles. The highest BCUT2D eigenvalue weighted by atomic mass is 16.5. The molecule has 0 bridgehead atoms. The molecule has 1 aliphatic heterocycles. The molecule has 0 saturated heterocycles. The molecule has 2 aromatic rings.